The van der Waals surface area contributed by atoms with E-state index in [1.807, 2.05) is 0 Å². The second-order valence-electron chi connectivity index (χ2n) is 7.59. The minimum atomic E-state index is 0.0104. The summed E-state index contributed by atoms with van der Waals surface area (Å²) in [5.41, 5.74) is 0. The van der Waals surface area contributed by atoms with Gasteiger partial charge in [-0.05, 0) is 67.6 Å². The lowest BCUT2D eigenvalue weighted by Gasteiger charge is -2.25. The Labute approximate surface area is 128 Å². The van der Waals surface area contributed by atoms with E-state index >= 15 is 0 Å². The van der Waals surface area contributed by atoms with E-state index in [9.17, 15) is 0 Å². The maximum absolute atomic E-state index is 6.09. The van der Waals surface area contributed by atoms with Crippen molar-refractivity contribution >= 4 is 0 Å². The molecule has 0 spiro atoms. The number of fused-ring (bicyclic) bond motifs is 4. The van der Waals surface area contributed by atoms with Crippen LogP contribution in [0, 0.1) is 35.5 Å². The van der Waals surface area contributed by atoms with Crippen molar-refractivity contribution in [3.8, 4) is 0 Å². The average Bonchev–Trinajstić information content (AvgIpc) is 3.27. The lowest BCUT2D eigenvalue weighted by atomic mass is 9.94. The zero-order chi connectivity index (χ0) is 14.2. The molecule has 0 N–H and O–H groups in total. The molecule has 116 valence electrons. The molecular formula is C19H28O2. The van der Waals surface area contributed by atoms with Crippen molar-refractivity contribution in [2.75, 3.05) is 13.2 Å². The molecule has 0 radical (unpaired) electrons. The zero-order valence-corrected chi connectivity index (χ0v) is 13.1. The van der Waals surface area contributed by atoms with E-state index in [1.54, 1.807) is 0 Å². The summed E-state index contributed by atoms with van der Waals surface area (Å²) >= 11 is 0. The molecular weight excluding hydrogens is 260 g/mol. The Morgan fingerprint density at radius 2 is 1.33 bits per heavy atom. The summed E-state index contributed by atoms with van der Waals surface area (Å²) in [6.45, 7) is 3.95. The average molecular weight is 288 g/mol. The number of rotatable bonds is 7. The van der Waals surface area contributed by atoms with Crippen LogP contribution in [0.4, 0.5) is 0 Å². The van der Waals surface area contributed by atoms with Gasteiger partial charge in [0.2, 0.25) is 0 Å². The highest BCUT2D eigenvalue weighted by Crippen LogP contribution is 2.44. The molecule has 4 rings (SSSR count). The van der Waals surface area contributed by atoms with Crippen LogP contribution in [0.3, 0.4) is 0 Å². The normalized spacial score (nSPS) is 44.0. The smallest absolute Gasteiger partial charge is 0.157 e. The Hall–Kier alpha value is -0.600. The number of hydrogen-bond donors (Lipinski definition) is 0. The van der Waals surface area contributed by atoms with Crippen molar-refractivity contribution in [1.29, 1.82) is 0 Å². The highest BCUT2D eigenvalue weighted by molar-refractivity contribution is 5.10. The first-order valence-electron chi connectivity index (χ1n) is 8.91. The molecule has 2 saturated carbocycles. The molecule has 0 saturated heterocycles. The topological polar surface area (TPSA) is 18.5 Å². The summed E-state index contributed by atoms with van der Waals surface area (Å²) in [4.78, 5) is 0. The van der Waals surface area contributed by atoms with Crippen molar-refractivity contribution in [3.05, 3.63) is 24.3 Å². The largest absolute Gasteiger partial charge is 0.352 e. The Bertz CT molecular complexity index is 389. The van der Waals surface area contributed by atoms with Gasteiger partial charge >= 0.3 is 0 Å². The van der Waals surface area contributed by atoms with Crippen LogP contribution in [-0.2, 0) is 9.47 Å². The predicted octanol–water partition coefficient (Wildman–Crippen LogP) is 4.18. The van der Waals surface area contributed by atoms with Crippen LogP contribution in [0.2, 0.25) is 0 Å². The third kappa shape index (κ3) is 2.85. The number of ether oxygens (including phenoxy) is 2. The fourth-order valence-corrected chi connectivity index (χ4v) is 4.92. The molecule has 2 nitrogen and oxygen atoms in total. The van der Waals surface area contributed by atoms with Gasteiger partial charge in [-0.25, -0.2) is 0 Å². The molecule has 0 aromatic carbocycles. The monoisotopic (exact) mass is 288 g/mol. The summed E-state index contributed by atoms with van der Waals surface area (Å²) in [5.74, 6) is 4.72. The first-order chi connectivity index (χ1) is 10.3. The van der Waals surface area contributed by atoms with E-state index in [4.69, 9.17) is 9.47 Å². The summed E-state index contributed by atoms with van der Waals surface area (Å²) in [6, 6.07) is 0. The van der Waals surface area contributed by atoms with E-state index in [1.165, 1.54) is 25.7 Å². The predicted molar refractivity (Wildman–Crippen MR) is 83.7 cm³/mol. The molecule has 0 aliphatic heterocycles. The van der Waals surface area contributed by atoms with Crippen LogP contribution in [0.15, 0.2) is 24.3 Å². The lowest BCUT2D eigenvalue weighted by molar-refractivity contribution is -0.160. The Morgan fingerprint density at radius 1 is 0.810 bits per heavy atom. The van der Waals surface area contributed by atoms with Crippen molar-refractivity contribution in [3.63, 3.8) is 0 Å². The fourth-order valence-electron chi connectivity index (χ4n) is 4.92. The van der Waals surface area contributed by atoms with Crippen LogP contribution in [0.1, 0.15) is 39.0 Å². The Balaban J connectivity index is 1.20. The van der Waals surface area contributed by atoms with Gasteiger partial charge in [-0.15, -0.1) is 0 Å². The molecule has 0 heterocycles. The minimum absolute atomic E-state index is 0.0104. The lowest BCUT2D eigenvalue weighted by Crippen LogP contribution is -2.26. The van der Waals surface area contributed by atoms with Crippen LogP contribution in [0.25, 0.3) is 0 Å². The van der Waals surface area contributed by atoms with Gasteiger partial charge in [-0.2, -0.15) is 0 Å². The van der Waals surface area contributed by atoms with Crippen LogP contribution in [-0.4, -0.2) is 19.5 Å². The van der Waals surface area contributed by atoms with Gasteiger partial charge in [-0.1, -0.05) is 31.2 Å². The highest BCUT2D eigenvalue weighted by atomic mass is 16.7. The second-order valence-corrected chi connectivity index (χ2v) is 7.59. The van der Waals surface area contributed by atoms with Gasteiger partial charge in [0, 0.05) is 0 Å². The standard InChI is InChI=1S/C19H28O2/c1-2-19(20-11-17-9-13-3-5-15(17)7-13)21-12-18-10-14-4-6-16(18)8-14/h3-6,13-19H,2,7-12H2,1H3. The number of hydrogen-bond acceptors (Lipinski definition) is 2. The SMILES string of the molecule is CCC(OCC1CC2C=CC1C2)OCC1CC2C=CC1C2. The maximum atomic E-state index is 6.09. The van der Waals surface area contributed by atoms with Crippen LogP contribution >= 0.6 is 0 Å². The summed E-state index contributed by atoms with van der Waals surface area (Å²) < 4.78 is 12.2. The maximum Gasteiger partial charge on any atom is 0.157 e. The zero-order valence-electron chi connectivity index (χ0n) is 13.1. The van der Waals surface area contributed by atoms with Gasteiger partial charge in [-0.3, -0.25) is 0 Å². The third-order valence-corrected chi connectivity index (χ3v) is 6.16. The van der Waals surface area contributed by atoms with E-state index in [-0.39, 0.29) is 6.29 Å². The number of allylic oxidation sites excluding steroid dienone is 4. The van der Waals surface area contributed by atoms with Crippen LogP contribution < -0.4 is 0 Å². The molecule has 4 aliphatic carbocycles. The highest BCUT2D eigenvalue weighted by Gasteiger charge is 2.37. The van der Waals surface area contributed by atoms with Gasteiger partial charge < -0.3 is 9.47 Å². The molecule has 2 fully saturated rings. The first-order valence-corrected chi connectivity index (χ1v) is 8.91. The van der Waals surface area contributed by atoms with Crippen LogP contribution in [0.5, 0.6) is 0 Å². The second kappa shape index (κ2) is 5.89. The summed E-state index contributed by atoms with van der Waals surface area (Å²) in [7, 11) is 0. The quantitative estimate of drug-likeness (QED) is 0.517. The van der Waals surface area contributed by atoms with Gasteiger partial charge in [0.1, 0.15) is 0 Å². The molecule has 4 aliphatic rings. The van der Waals surface area contributed by atoms with Crippen molar-refractivity contribution in [1.82, 2.24) is 0 Å². The minimum Gasteiger partial charge on any atom is -0.352 e. The first kappa shape index (κ1) is 14.0. The molecule has 4 bridgehead atoms. The van der Waals surface area contributed by atoms with Gasteiger partial charge in [0.05, 0.1) is 13.2 Å². The molecule has 6 unspecified atom stereocenters. The van der Waals surface area contributed by atoms with E-state index < -0.39 is 0 Å². The molecule has 0 aromatic rings. The molecule has 0 aromatic heterocycles. The molecule has 0 amide bonds. The Morgan fingerprint density at radius 3 is 1.67 bits per heavy atom. The van der Waals surface area contributed by atoms with Gasteiger partial charge in [0.15, 0.2) is 6.29 Å². The Kier molecular flexibility index (Phi) is 3.93. The summed E-state index contributed by atoms with van der Waals surface area (Å²) in [6.07, 6.45) is 16.0. The van der Waals surface area contributed by atoms with Crippen molar-refractivity contribution < 1.29 is 9.47 Å². The molecule has 6 atom stereocenters. The van der Waals surface area contributed by atoms with E-state index in [0.29, 0.717) is 0 Å². The summed E-state index contributed by atoms with van der Waals surface area (Å²) in [5, 5.41) is 0. The van der Waals surface area contributed by atoms with Crippen molar-refractivity contribution in [2.24, 2.45) is 35.5 Å². The fraction of sp³-hybridized carbons (Fsp3) is 0.789. The molecule has 2 heteroatoms. The third-order valence-electron chi connectivity index (χ3n) is 6.16. The van der Waals surface area contributed by atoms with Gasteiger partial charge in [0.25, 0.3) is 0 Å². The van der Waals surface area contributed by atoms with Crippen molar-refractivity contribution in [2.45, 2.75) is 45.3 Å². The van der Waals surface area contributed by atoms with E-state index in [0.717, 1.165) is 55.1 Å². The van der Waals surface area contributed by atoms with E-state index in [2.05, 4.69) is 31.2 Å². The molecule has 21 heavy (non-hydrogen) atoms.